The Morgan fingerprint density at radius 1 is 0.921 bits per heavy atom. The number of hydrogen-bond donors (Lipinski definition) is 2. The zero-order valence-electron chi connectivity index (χ0n) is 20.2. The van der Waals surface area contributed by atoms with Gasteiger partial charge in [-0.15, -0.1) is 0 Å². The van der Waals surface area contributed by atoms with Crippen LogP contribution in [-0.4, -0.2) is 52.0 Å². The fraction of sp³-hybridized carbons (Fsp3) is 0.214. The molecule has 0 unspecified atom stereocenters. The Morgan fingerprint density at radius 2 is 1.53 bits per heavy atom. The molecule has 0 bridgehead atoms. The van der Waals surface area contributed by atoms with Crippen LogP contribution in [0.1, 0.15) is 33.5 Å². The number of rotatable bonds is 6. The van der Waals surface area contributed by atoms with E-state index in [0.717, 1.165) is 0 Å². The largest absolute Gasteiger partial charge is 0.457 e. The summed E-state index contributed by atoms with van der Waals surface area (Å²) >= 11 is 0. The second-order valence-corrected chi connectivity index (χ2v) is 9.18. The van der Waals surface area contributed by atoms with E-state index in [0.29, 0.717) is 22.3 Å². The van der Waals surface area contributed by atoms with Crippen molar-refractivity contribution in [2.24, 2.45) is 5.92 Å². The summed E-state index contributed by atoms with van der Waals surface area (Å²) in [6.45, 7) is -0.0654. The molecule has 1 aliphatic carbocycles. The van der Waals surface area contributed by atoms with Gasteiger partial charge >= 0.3 is 12.1 Å². The van der Waals surface area contributed by atoms with Crippen LogP contribution in [0.2, 0.25) is 0 Å². The number of non-ortho nitro benzene ring substituents is 1. The molecule has 10 nitrogen and oxygen atoms in total. The van der Waals surface area contributed by atoms with E-state index in [9.17, 15) is 19.7 Å². The van der Waals surface area contributed by atoms with Crippen molar-refractivity contribution < 1.29 is 24.0 Å². The number of carbonyl (C=O) groups is 2. The third-order valence-corrected chi connectivity index (χ3v) is 6.85. The van der Waals surface area contributed by atoms with Crippen molar-refractivity contribution in [1.29, 1.82) is 10.8 Å². The molecular weight excluding hydrogens is 488 g/mol. The van der Waals surface area contributed by atoms with Crippen LogP contribution in [0.15, 0.2) is 78.9 Å². The van der Waals surface area contributed by atoms with Gasteiger partial charge in [-0.1, -0.05) is 42.5 Å². The highest BCUT2D eigenvalue weighted by atomic mass is 16.6. The molecule has 0 aromatic heterocycles. The molecule has 1 saturated heterocycles. The Kier molecular flexibility index (Phi) is 6.69. The molecule has 1 amide bonds. The van der Waals surface area contributed by atoms with Gasteiger partial charge in [0.25, 0.3) is 5.69 Å². The summed E-state index contributed by atoms with van der Waals surface area (Å²) in [6, 6.07) is 20.8. The number of esters is 1. The van der Waals surface area contributed by atoms with E-state index < -0.39 is 35.0 Å². The SMILES string of the molecule is N=C1c2ccccc2C(=N)C1[C@@H]1C[C@@H](OC(=O)c2ccccc2)CN1C(=O)OCc1ccc([N+](=O)[O-])cc1. The number of benzene rings is 3. The Balaban J connectivity index is 1.35. The van der Waals surface area contributed by atoms with Gasteiger partial charge in [-0.25, -0.2) is 9.59 Å². The minimum atomic E-state index is -0.695. The summed E-state index contributed by atoms with van der Waals surface area (Å²) < 4.78 is 11.2. The fourth-order valence-electron chi connectivity index (χ4n) is 4.99. The van der Waals surface area contributed by atoms with Crippen molar-refractivity contribution in [2.75, 3.05) is 6.54 Å². The highest BCUT2D eigenvalue weighted by Gasteiger charge is 2.48. The first-order chi connectivity index (χ1) is 18.3. The van der Waals surface area contributed by atoms with E-state index in [4.69, 9.17) is 20.3 Å². The molecule has 1 aliphatic heterocycles. The van der Waals surface area contributed by atoms with Gasteiger partial charge < -0.3 is 25.2 Å². The lowest BCUT2D eigenvalue weighted by Crippen LogP contribution is -2.44. The zero-order chi connectivity index (χ0) is 26.8. The van der Waals surface area contributed by atoms with Gasteiger partial charge in [-0.2, -0.15) is 0 Å². The Morgan fingerprint density at radius 3 is 2.13 bits per heavy atom. The monoisotopic (exact) mass is 512 g/mol. The molecule has 1 fully saturated rings. The molecule has 0 radical (unpaired) electrons. The standard InChI is InChI=1S/C28H24N4O6/c29-25-21-8-4-5-9-22(21)26(30)24(25)23-14-20(38-27(33)18-6-2-1-3-7-18)15-31(23)28(34)37-16-17-10-12-19(13-11-17)32(35)36/h1-13,20,23-24,29-30H,14-16H2/t20-,23+,24?/m1/s1. The number of likely N-dealkylation sites (tertiary alicyclic amines) is 1. The highest BCUT2D eigenvalue weighted by molar-refractivity contribution is 6.28. The summed E-state index contributed by atoms with van der Waals surface area (Å²) in [5, 5.41) is 28.4. The van der Waals surface area contributed by atoms with E-state index in [2.05, 4.69) is 0 Å². The van der Waals surface area contributed by atoms with E-state index in [1.165, 1.54) is 29.2 Å². The molecule has 0 spiro atoms. The molecule has 2 aliphatic rings. The quantitative estimate of drug-likeness (QED) is 0.280. The maximum Gasteiger partial charge on any atom is 0.410 e. The van der Waals surface area contributed by atoms with Crippen LogP contribution in [0.5, 0.6) is 0 Å². The van der Waals surface area contributed by atoms with Gasteiger partial charge in [-0.05, 0) is 29.8 Å². The van der Waals surface area contributed by atoms with Gasteiger partial charge in [0.1, 0.15) is 12.7 Å². The summed E-state index contributed by atoms with van der Waals surface area (Å²) in [7, 11) is 0. The summed E-state index contributed by atoms with van der Waals surface area (Å²) in [5.41, 5.74) is 2.65. The summed E-state index contributed by atoms with van der Waals surface area (Å²) in [4.78, 5) is 37.8. The molecule has 0 saturated carbocycles. The first kappa shape index (κ1) is 24.8. The average molecular weight is 513 g/mol. The van der Waals surface area contributed by atoms with Crippen LogP contribution in [-0.2, 0) is 16.1 Å². The van der Waals surface area contributed by atoms with E-state index in [1.807, 2.05) is 0 Å². The molecule has 5 rings (SSSR count). The molecule has 2 atom stereocenters. The molecule has 192 valence electrons. The van der Waals surface area contributed by atoms with E-state index in [1.54, 1.807) is 54.6 Å². The van der Waals surface area contributed by atoms with Crippen molar-refractivity contribution in [3.8, 4) is 0 Å². The molecule has 1 heterocycles. The summed E-state index contributed by atoms with van der Waals surface area (Å²) in [6.07, 6.45) is -1.08. The highest BCUT2D eigenvalue weighted by Crippen LogP contribution is 2.36. The third kappa shape index (κ3) is 4.75. The van der Waals surface area contributed by atoms with Gasteiger partial charge in [0.15, 0.2) is 0 Å². The fourth-order valence-corrected chi connectivity index (χ4v) is 4.99. The van der Waals surface area contributed by atoms with Crippen LogP contribution in [0.25, 0.3) is 0 Å². The van der Waals surface area contributed by atoms with Gasteiger partial charge in [-0.3, -0.25) is 10.1 Å². The number of ether oxygens (including phenoxy) is 2. The summed E-state index contributed by atoms with van der Waals surface area (Å²) in [5.74, 6) is -1.21. The van der Waals surface area contributed by atoms with Crippen LogP contribution in [0, 0.1) is 26.9 Å². The van der Waals surface area contributed by atoms with Crippen LogP contribution in [0.4, 0.5) is 10.5 Å². The number of fused-ring (bicyclic) bond motifs is 1. The van der Waals surface area contributed by atoms with Gasteiger partial charge in [0.05, 0.1) is 40.4 Å². The lowest BCUT2D eigenvalue weighted by Gasteiger charge is -2.28. The minimum absolute atomic E-state index is 0.0513. The van der Waals surface area contributed by atoms with E-state index >= 15 is 0 Å². The van der Waals surface area contributed by atoms with Crippen molar-refractivity contribution >= 4 is 29.2 Å². The average Bonchev–Trinajstić information content (AvgIpc) is 3.45. The number of amides is 1. The maximum atomic E-state index is 13.3. The van der Waals surface area contributed by atoms with Gasteiger partial charge in [0.2, 0.25) is 0 Å². The van der Waals surface area contributed by atoms with Crippen molar-refractivity contribution in [1.82, 2.24) is 4.90 Å². The number of nitrogens with one attached hydrogen (secondary N) is 2. The van der Waals surface area contributed by atoms with E-state index in [-0.39, 0.29) is 36.7 Å². The second kappa shape index (κ2) is 10.3. The predicted molar refractivity (Wildman–Crippen MR) is 138 cm³/mol. The van der Waals surface area contributed by atoms with Crippen LogP contribution in [0.3, 0.4) is 0 Å². The normalized spacial score (nSPS) is 20.2. The van der Waals surface area contributed by atoms with Crippen molar-refractivity contribution in [2.45, 2.75) is 25.2 Å². The first-order valence-corrected chi connectivity index (χ1v) is 12.0. The number of nitro benzene ring substituents is 1. The lowest BCUT2D eigenvalue weighted by molar-refractivity contribution is -0.384. The number of hydrogen-bond acceptors (Lipinski definition) is 8. The first-order valence-electron chi connectivity index (χ1n) is 12.0. The topological polar surface area (TPSA) is 147 Å². The van der Waals surface area contributed by atoms with Crippen LogP contribution >= 0.6 is 0 Å². The molecule has 3 aromatic carbocycles. The van der Waals surface area contributed by atoms with Crippen molar-refractivity contribution in [3.63, 3.8) is 0 Å². The minimum Gasteiger partial charge on any atom is -0.457 e. The van der Waals surface area contributed by atoms with Crippen molar-refractivity contribution in [3.05, 3.63) is 111 Å². The third-order valence-electron chi connectivity index (χ3n) is 6.85. The van der Waals surface area contributed by atoms with Crippen LogP contribution < -0.4 is 0 Å². The Hall–Kier alpha value is -4.86. The predicted octanol–water partition coefficient (Wildman–Crippen LogP) is 4.60. The Bertz CT molecular complexity index is 1390. The lowest BCUT2D eigenvalue weighted by atomic mass is 9.91. The zero-order valence-corrected chi connectivity index (χ0v) is 20.2. The molecule has 3 aromatic rings. The molecule has 38 heavy (non-hydrogen) atoms. The number of nitrogens with zero attached hydrogens (tertiary/aromatic N) is 2. The number of nitro groups is 1. The number of carbonyl (C=O) groups excluding carboxylic acids is 2. The molecular formula is C28H24N4O6. The van der Waals surface area contributed by atoms with Gasteiger partial charge in [0, 0.05) is 29.7 Å². The molecule has 2 N–H and O–H groups in total. The molecule has 10 heteroatoms. The smallest absolute Gasteiger partial charge is 0.410 e. The maximum absolute atomic E-state index is 13.3. The Labute approximate surface area is 218 Å². The second-order valence-electron chi connectivity index (χ2n) is 9.18.